The number of hydrogen-bond acceptors (Lipinski definition) is 1. The van der Waals surface area contributed by atoms with E-state index >= 15 is 0 Å². The molecule has 152 valence electrons. The molecule has 1 heterocycles. The van der Waals surface area contributed by atoms with Crippen LogP contribution in [0, 0.1) is 0 Å². The van der Waals surface area contributed by atoms with Crippen LogP contribution in [0.2, 0.25) is 5.02 Å². The van der Waals surface area contributed by atoms with Crippen molar-refractivity contribution in [2.75, 3.05) is 0 Å². The standard InChI is InChI=1S/C30H19ClO/c31-26-17-18-28-30(24-13-7-8-14-27(24)32-28)29(26)23-16-15-22(20-9-3-1-4-10-20)19-25(23)21-11-5-2-6-12-21/h1-19H. The molecule has 5 aromatic carbocycles. The molecule has 0 aliphatic carbocycles. The molecular weight excluding hydrogens is 412 g/mol. The van der Waals surface area contributed by atoms with Crippen molar-refractivity contribution in [3.05, 3.63) is 120 Å². The summed E-state index contributed by atoms with van der Waals surface area (Å²) in [6.45, 7) is 0. The Labute approximate surface area is 191 Å². The summed E-state index contributed by atoms with van der Waals surface area (Å²) in [6, 6.07) is 39.6. The van der Waals surface area contributed by atoms with Gasteiger partial charge in [0.2, 0.25) is 0 Å². The highest BCUT2D eigenvalue weighted by Gasteiger charge is 2.19. The molecule has 6 aromatic rings. The minimum Gasteiger partial charge on any atom is -0.456 e. The lowest BCUT2D eigenvalue weighted by atomic mass is 9.89. The van der Waals surface area contributed by atoms with Crippen molar-refractivity contribution in [2.45, 2.75) is 0 Å². The first-order chi connectivity index (χ1) is 15.8. The van der Waals surface area contributed by atoms with Gasteiger partial charge < -0.3 is 4.42 Å². The summed E-state index contributed by atoms with van der Waals surface area (Å²) >= 11 is 6.87. The molecule has 32 heavy (non-hydrogen) atoms. The van der Waals surface area contributed by atoms with Gasteiger partial charge in [0.25, 0.3) is 0 Å². The van der Waals surface area contributed by atoms with Gasteiger partial charge >= 0.3 is 0 Å². The molecule has 0 bridgehead atoms. The minimum absolute atomic E-state index is 0.716. The van der Waals surface area contributed by atoms with E-state index in [2.05, 4.69) is 72.8 Å². The zero-order chi connectivity index (χ0) is 21.5. The van der Waals surface area contributed by atoms with Crippen molar-refractivity contribution in [2.24, 2.45) is 0 Å². The van der Waals surface area contributed by atoms with E-state index in [0.29, 0.717) is 5.02 Å². The summed E-state index contributed by atoms with van der Waals surface area (Å²) in [5.41, 5.74) is 8.48. The average Bonchev–Trinajstić information content (AvgIpc) is 3.24. The number of furan rings is 1. The molecule has 0 N–H and O–H groups in total. The summed E-state index contributed by atoms with van der Waals surface area (Å²) in [7, 11) is 0. The van der Waals surface area contributed by atoms with Gasteiger partial charge in [0.15, 0.2) is 0 Å². The highest BCUT2D eigenvalue weighted by molar-refractivity contribution is 6.36. The lowest BCUT2D eigenvalue weighted by molar-refractivity contribution is 0.669. The zero-order valence-corrected chi connectivity index (χ0v) is 18.0. The van der Waals surface area contributed by atoms with Crippen LogP contribution >= 0.6 is 11.6 Å². The fourth-order valence-corrected chi connectivity index (χ4v) is 4.74. The number of hydrogen-bond donors (Lipinski definition) is 0. The van der Waals surface area contributed by atoms with E-state index in [1.807, 2.05) is 42.5 Å². The first kappa shape index (κ1) is 18.9. The number of halogens is 1. The molecule has 0 atom stereocenters. The van der Waals surface area contributed by atoms with E-state index in [1.54, 1.807) is 0 Å². The van der Waals surface area contributed by atoms with Crippen LogP contribution in [-0.4, -0.2) is 0 Å². The Morgan fingerprint density at radius 1 is 0.500 bits per heavy atom. The molecular formula is C30H19ClO. The van der Waals surface area contributed by atoms with E-state index in [-0.39, 0.29) is 0 Å². The largest absolute Gasteiger partial charge is 0.456 e. The van der Waals surface area contributed by atoms with Crippen LogP contribution in [0.5, 0.6) is 0 Å². The fraction of sp³-hybridized carbons (Fsp3) is 0. The summed E-state index contributed by atoms with van der Waals surface area (Å²) in [6.07, 6.45) is 0. The summed E-state index contributed by atoms with van der Waals surface area (Å²) in [5.74, 6) is 0. The predicted molar refractivity (Wildman–Crippen MR) is 135 cm³/mol. The number of fused-ring (bicyclic) bond motifs is 3. The Morgan fingerprint density at radius 2 is 1.19 bits per heavy atom. The second kappa shape index (κ2) is 7.71. The summed E-state index contributed by atoms with van der Waals surface area (Å²) in [5, 5.41) is 2.84. The quantitative estimate of drug-likeness (QED) is 0.272. The van der Waals surface area contributed by atoms with Gasteiger partial charge in [-0.2, -0.15) is 0 Å². The molecule has 0 spiro atoms. The normalized spacial score (nSPS) is 11.3. The van der Waals surface area contributed by atoms with Crippen LogP contribution in [0.3, 0.4) is 0 Å². The molecule has 0 fully saturated rings. The smallest absolute Gasteiger partial charge is 0.136 e. The zero-order valence-electron chi connectivity index (χ0n) is 17.3. The predicted octanol–water partition coefficient (Wildman–Crippen LogP) is 9.24. The fourth-order valence-electron chi connectivity index (χ4n) is 4.48. The first-order valence-electron chi connectivity index (χ1n) is 10.6. The Morgan fingerprint density at radius 3 is 1.97 bits per heavy atom. The van der Waals surface area contributed by atoms with Crippen LogP contribution < -0.4 is 0 Å². The topological polar surface area (TPSA) is 13.1 Å². The van der Waals surface area contributed by atoms with Crippen molar-refractivity contribution < 1.29 is 4.42 Å². The van der Waals surface area contributed by atoms with Gasteiger partial charge in [-0.1, -0.05) is 103 Å². The van der Waals surface area contributed by atoms with Gasteiger partial charge in [-0.3, -0.25) is 0 Å². The van der Waals surface area contributed by atoms with Gasteiger partial charge in [0.05, 0.1) is 0 Å². The van der Waals surface area contributed by atoms with E-state index in [0.717, 1.165) is 44.2 Å². The molecule has 1 nitrogen and oxygen atoms in total. The molecule has 0 aliphatic heterocycles. The van der Waals surface area contributed by atoms with Crippen LogP contribution in [0.1, 0.15) is 0 Å². The van der Waals surface area contributed by atoms with Gasteiger partial charge in [-0.25, -0.2) is 0 Å². The van der Waals surface area contributed by atoms with Crippen molar-refractivity contribution in [1.82, 2.24) is 0 Å². The third kappa shape index (κ3) is 3.10. The summed E-state index contributed by atoms with van der Waals surface area (Å²) < 4.78 is 6.15. The number of para-hydroxylation sites is 1. The van der Waals surface area contributed by atoms with Crippen molar-refractivity contribution in [1.29, 1.82) is 0 Å². The Balaban J connectivity index is 1.69. The van der Waals surface area contributed by atoms with Crippen molar-refractivity contribution in [3.8, 4) is 33.4 Å². The Bertz CT molecular complexity index is 1560. The van der Waals surface area contributed by atoms with Gasteiger partial charge in [0.1, 0.15) is 11.2 Å². The van der Waals surface area contributed by atoms with E-state index < -0.39 is 0 Å². The number of benzene rings is 5. The van der Waals surface area contributed by atoms with Crippen LogP contribution in [0.25, 0.3) is 55.3 Å². The molecule has 0 unspecified atom stereocenters. The third-order valence-corrected chi connectivity index (χ3v) is 6.29. The molecule has 0 aliphatic rings. The second-order valence-corrected chi connectivity index (χ2v) is 8.29. The van der Waals surface area contributed by atoms with Gasteiger partial charge in [-0.15, -0.1) is 0 Å². The third-order valence-electron chi connectivity index (χ3n) is 5.97. The van der Waals surface area contributed by atoms with Crippen LogP contribution in [0.15, 0.2) is 120 Å². The minimum atomic E-state index is 0.716. The van der Waals surface area contributed by atoms with Gasteiger partial charge in [-0.05, 0) is 52.1 Å². The SMILES string of the molecule is Clc1ccc2oc3ccccc3c2c1-c1ccc(-c2ccccc2)cc1-c1ccccc1. The van der Waals surface area contributed by atoms with E-state index in [9.17, 15) is 0 Å². The molecule has 0 amide bonds. The number of rotatable bonds is 3. The molecule has 0 saturated carbocycles. The molecule has 1 aromatic heterocycles. The average molecular weight is 431 g/mol. The molecule has 0 radical (unpaired) electrons. The highest BCUT2D eigenvalue weighted by Crippen LogP contribution is 2.45. The monoisotopic (exact) mass is 430 g/mol. The lowest BCUT2D eigenvalue weighted by Crippen LogP contribution is -1.89. The van der Waals surface area contributed by atoms with Crippen LogP contribution in [0.4, 0.5) is 0 Å². The molecule has 6 rings (SSSR count). The van der Waals surface area contributed by atoms with Crippen molar-refractivity contribution in [3.63, 3.8) is 0 Å². The molecule has 2 heteroatoms. The Kier molecular flexibility index (Phi) is 4.56. The summed E-state index contributed by atoms with van der Waals surface area (Å²) in [4.78, 5) is 0. The molecule has 0 saturated heterocycles. The maximum Gasteiger partial charge on any atom is 0.136 e. The van der Waals surface area contributed by atoms with Crippen LogP contribution in [-0.2, 0) is 0 Å². The van der Waals surface area contributed by atoms with Crippen molar-refractivity contribution >= 4 is 33.5 Å². The first-order valence-corrected chi connectivity index (χ1v) is 11.0. The van der Waals surface area contributed by atoms with E-state index in [1.165, 1.54) is 11.1 Å². The van der Waals surface area contributed by atoms with Gasteiger partial charge in [0, 0.05) is 21.4 Å². The van der Waals surface area contributed by atoms with E-state index in [4.69, 9.17) is 16.0 Å². The highest BCUT2D eigenvalue weighted by atomic mass is 35.5. The maximum atomic E-state index is 6.87. The Hall–Kier alpha value is -3.81. The second-order valence-electron chi connectivity index (χ2n) is 7.89. The lowest BCUT2D eigenvalue weighted by Gasteiger charge is -2.15. The maximum absolute atomic E-state index is 6.87.